The Morgan fingerprint density at radius 2 is 1.36 bits per heavy atom. The maximum atomic E-state index is 11.8. The zero-order chi connectivity index (χ0) is 43.1. The molecule has 283 valence electrons. The molecular formula is C33H42FeK3N16O3. The van der Waals surface area contributed by atoms with Gasteiger partial charge in [-0.25, -0.2) is 19.5 Å². The fraction of sp³-hybridized carbons (Fsp3) is 0.424. The number of aryl methyl sites for hydroxylation is 1. The van der Waals surface area contributed by atoms with Crippen LogP contribution in [0, 0.1) is 76.4 Å². The average molecular weight is 884 g/mol. The molecule has 0 bridgehead atoms. The molecule has 0 unspecified atom stereocenters. The number of carbonyl (C=O) groups excluding carboxylic acids is 1. The number of amidine groups is 1. The van der Waals surface area contributed by atoms with Gasteiger partial charge in [-0.15, -0.1) is 0 Å². The van der Waals surface area contributed by atoms with Gasteiger partial charge in [0.05, 0.1) is 41.7 Å². The van der Waals surface area contributed by atoms with Gasteiger partial charge < -0.3 is 98.0 Å². The summed E-state index contributed by atoms with van der Waals surface area (Å²) in [6.07, 6.45) is 11.9. The number of anilines is 4. The van der Waals surface area contributed by atoms with Crippen LogP contribution in [0.1, 0.15) is 65.2 Å². The number of nitrogens with two attached hydrogens (primary N) is 3. The summed E-state index contributed by atoms with van der Waals surface area (Å²) in [6, 6.07) is 2.87. The quantitative estimate of drug-likeness (QED) is 0.0873. The second kappa shape index (κ2) is 49.2. The van der Waals surface area contributed by atoms with Crippen molar-refractivity contribution in [1.82, 2.24) is 14.8 Å². The summed E-state index contributed by atoms with van der Waals surface area (Å²) in [5.41, 5.74) is 19.1. The molecule has 1 amide bonds. The van der Waals surface area contributed by atoms with Crippen LogP contribution in [0.25, 0.3) is 0 Å². The topological polar surface area (TPSA) is 340 Å². The van der Waals surface area contributed by atoms with Gasteiger partial charge in [-0.05, 0) is 18.9 Å². The van der Waals surface area contributed by atoms with Crippen molar-refractivity contribution in [1.29, 1.82) is 37.0 Å². The number of nitrogen functional groups attached to an aromatic ring is 3. The molecule has 1 aromatic carbocycles. The van der Waals surface area contributed by atoms with Gasteiger partial charge in [0.15, 0.2) is 5.84 Å². The molecule has 0 saturated carbocycles. The predicted molar refractivity (Wildman–Crippen MR) is 208 cm³/mol. The van der Waals surface area contributed by atoms with E-state index in [1.54, 1.807) is 15.9 Å². The van der Waals surface area contributed by atoms with E-state index in [2.05, 4.69) is 29.0 Å². The first kappa shape index (κ1) is 68.7. The molecule has 0 atom stereocenters. The van der Waals surface area contributed by atoms with Gasteiger partial charge in [-0.3, -0.25) is 10.3 Å². The van der Waals surface area contributed by atoms with E-state index in [0.29, 0.717) is 36.0 Å². The number of cyclic esters (lactones) is 1. The van der Waals surface area contributed by atoms with E-state index in [1.807, 2.05) is 0 Å². The maximum absolute atomic E-state index is 11.8. The zero-order valence-corrected chi connectivity index (χ0v) is 43.0. The van der Waals surface area contributed by atoms with Crippen LogP contribution in [0.15, 0.2) is 28.4 Å². The van der Waals surface area contributed by atoms with E-state index in [1.165, 1.54) is 106 Å². The summed E-state index contributed by atoms with van der Waals surface area (Å²) >= 11 is 2.50. The third-order valence-corrected chi connectivity index (χ3v) is 6.59. The Kier molecular flexibility index (Phi) is 60.4. The molecule has 4 rings (SSSR count). The van der Waals surface area contributed by atoms with Gasteiger partial charge in [0.1, 0.15) is 23.9 Å². The molecule has 19 nitrogen and oxygen atoms in total. The van der Waals surface area contributed by atoms with E-state index in [-0.39, 0.29) is 98.0 Å². The molecule has 2 aliphatic rings. The van der Waals surface area contributed by atoms with Gasteiger partial charge in [0.2, 0.25) is 0 Å². The number of phenols is 1. The number of nitrogens with zero attached hydrogens (tertiary/aromatic N) is 12. The molecule has 8 N–H and O–H groups in total. The van der Waals surface area contributed by atoms with Crippen LogP contribution in [0.2, 0.25) is 0 Å². The molecular weight excluding hydrogens is 842 g/mol. The summed E-state index contributed by atoms with van der Waals surface area (Å²) in [5.74, 6) is 0.681. The number of aromatic nitrogens is 2. The number of benzene rings is 1. The van der Waals surface area contributed by atoms with Crippen LogP contribution in [0.5, 0.6) is 5.75 Å². The van der Waals surface area contributed by atoms with Crippen molar-refractivity contribution in [2.75, 3.05) is 41.8 Å². The van der Waals surface area contributed by atoms with Gasteiger partial charge in [-0.2, -0.15) is 10.2 Å². The van der Waals surface area contributed by atoms with E-state index in [4.69, 9.17) is 98.4 Å². The number of hydrogen-bond donors (Lipinski definition) is 5. The summed E-state index contributed by atoms with van der Waals surface area (Å²) < 4.78 is 6.68. The first-order valence-corrected chi connectivity index (χ1v) is 32.2. The van der Waals surface area contributed by atoms with Crippen molar-refractivity contribution >= 4 is 167 Å². The first-order valence-electron chi connectivity index (χ1n) is 16.2. The van der Waals surface area contributed by atoms with Crippen LogP contribution < -0.4 is 22.1 Å². The van der Waals surface area contributed by atoms with E-state index < -0.39 is 6.09 Å². The summed E-state index contributed by atoms with van der Waals surface area (Å²) in [7, 11) is 0. The molecule has 0 spiro atoms. The molecule has 3 heterocycles. The van der Waals surface area contributed by atoms with Gasteiger partial charge in [0.25, 0.3) is 0 Å². The SMILES string of the molecule is CCCCCCN1N=CC(=Nc2cc(N3CCOC3=O)c(O)cc2N)C1=N.CCCCCCn1ncc(N)c1N.[C-]#N.[C-]#N.[C-]#N.[C-]#N.[C-]#N.[C-]#N.[Fe+6].[K].[K][K]. The molecule has 2 aromatic rings. The first-order chi connectivity index (χ1) is 26.3. The van der Waals surface area contributed by atoms with E-state index in [0.717, 1.165) is 38.6 Å². The molecule has 1 saturated heterocycles. The third kappa shape index (κ3) is 27.7. The number of hydrogen-bond acceptors (Lipinski definition) is 16. The summed E-state index contributed by atoms with van der Waals surface area (Å²) in [6.45, 7) is 35.0. The minimum atomic E-state index is -0.526. The van der Waals surface area contributed by atoms with Gasteiger partial charge in [0, 0.05) is 70.5 Å². The molecule has 1 aromatic heterocycles. The number of aliphatic imine (C=N–C) groups is 1. The summed E-state index contributed by atoms with van der Waals surface area (Å²) in [5, 5.41) is 65.8. The van der Waals surface area contributed by atoms with Crippen LogP contribution in [-0.2, 0) is 28.4 Å². The fourth-order valence-corrected chi connectivity index (χ4v) is 4.23. The Morgan fingerprint density at radius 1 is 0.857 bits per heavy atom. The Morgan fingerprint density at radius 3 is 1.79 bits per heavy atom. The van der Waals surface area contributed by atoms with Crippen LogP contribution in [-0.4, -0.2) is 178 Å². The minimum absolute atomic E-state index is 0. The number of ether oxygens (including phenoxy) is 1. The average Bonchev–Trinajstić information content (AvgIpc) is 3.92. The van der Waals surface area contributed by atoms with Crippen LogP contribution >= 0.6 is 0 Å². The monoisotopic (exact) mass is 883 g/mol. The number of amides is 1. The van der Waals surface area contributed by atoms with Crippen molar-refractivity contribution in [3.05, 3.63) is 57.8 Å². The predicted octanol–water partition coefficient (Wildman–Crippen LogP) is 3.92. The van der Waals surface area contributed by atoms with Crippen LogP contribution in [0.3, 0.4) is 0 Å². The molecule has 23 heteroatoms. The fourth-order valence-electron chi connectivity index (χ4n) is 4.23. The van der Waals surface area contributed by atoms with Gasteiger partial charge in [-0.1, -0.05) is 52.4 Å². The second-order valence-corrected chi connectivity index (χ2v) is 9.71. The van der Waals surface area contributed by atoms with Crippen molar-refractivity contribution in [2.24, 2.45) is 10.1 Å². The van der Waals surface area contributed by atoms with Crippen molar-refractivity contribution < 1.29 is 31.7 Å². The number of hydrazone groups is 1. The number of rotatable bonds is 12. The molecule has 1 fully saturated rings. The normalized spacial score (nSPS) is 11.5. The molecule has 2 aliphatic heterocycles. The number of unbranched alkanes of at least 4 members (excludes halogenated alkanes) is 6. The van der Waals surface area contributed by atoms with Crippen molar-refractivity contribution in [2.45, 2.75) is 71.8 Å². The molecule has 0 aliphatic carbocycles. The number of nitrogens with one attached hydrogen (secondary N) is 1. The standard InChI is InChI=1S/C18H24N6O3.C9H18N4.6CN.Fe.3K/c1-2-3-4-5-6-24-17(20)14(11-21-24)22-13-10-15(16(25)9-12(13)19)23-7-8-27-18(23)26;1-2-3-4-5-6-13-9(11)8(10)7-12-13;6*1-2;;;;/h9-11,20,25H,2-8,19H2,1H3;7H,2-6,10-11H2,1H3;;;;;;;;;;/q;;6*-1;+6;;;. The van der Waals surface area contributed by atoms with Crippen molar-refractivity contribution in [3.63, 3.8) is 0 Å². The second-order valence-electron chi connectivity index (χ2n) is 9.71. The van der Waals surface area contributed by atoms with E-state index in [9.17, 15) is 9.90 Å². The van der Waals surface area contributed by atoms with Crippen molar-refractivity contribution in [3.8, 4) is 5.75 Å². The van der Waals surface area contributed by atoms with Crippen LogP contribution in [0.4, 0.5) is 33.4 Å². The number of aromatic hydroxyl groups is 1. The van der Waals surface area contributed by atoms with E-state index >= 15 is 0 Å². The number of carbonyl (C=O) groups is 1. The Hall–Kier alpha value is -1.92. The Bertz CT molecular complexity index is 1480. The third-order valence-electron chi connectivity index (χ3n) is 6.59. The molecule has 1 radical (unpaired) electrons. The number of phenolic OH excluding ortho intramolecular Hbond substituents is 1. The molecule has 56 heavy (non-hydrogen) atoms. The summed E-state index contributed by atoms with van der Waals surface area (Å²) in [4.78, 5) is 17.5. The zero-order valence-electron chi connectivity index (χ0n) is 32.5. The van der Waals surface area contributed by atoms with Gasteiger partial charge >= 0.3 is 86.3 Å². The Labute approximate surface area is 429 Å². The Balaban J connectivity index is -0.000000140.